The van der Waals surface area contributed by atoms with Crippen LogP contribution in [0.4, 0.5) is 0 Å². The number of hydrogen-bond acceptors (Lipinski definition) is 1. The molecule has 0 aliphatic carbocycles. The summed E-state index contributed by atoms with van der Waals surface area (Å²) >= 11 is 0. The lowest BCUT2D eigenvalue weighted by molar-refractivity contribution is -0.131. The van der Waals surface area contributed by atoms with Crippen LogP contribution in [0.15, 0.2) is 23.3 Å². The predicted molar refractivity (Wildman–Crippen MR) is 50.1 cm³/mol. The van der Waals surface area contributed by atoms with Crippen molar-refractivity contribution in [1.29, 1.82) is 0 Å². The molecule has 0 bridgehead atoms. The third-order valence-electron chi connectivity index (χ3n) is 1.46. The van der Waals surface area contributed by atoms with Gasteiger partial charge in [-0.2, -0.15) is 0 Å². The third kappa shape index (κ3) is 7.06. The van der Waals surface area contributed by atoms with E-state index in [1.54, 1.807) is 0 Å². The van der Waals surface area contributed by atoms with Crippen LogP contribution in [0.2, 0.25) is 0 Å². The fraction of sp³-hybridized carbons (Fsp3) is 0.500. The van der Waals surface area contributed by atoms with Crippen molar-refractivity contribution in [1.82, 2.24) is 0 Å². The summed E-state index contributed by atoms with van der Waals surface area (Å²) in [6, 6.07) is 0. The van der Waals surface area contributed by atoms with Crippen LogP contribution in [0.25, 0.3) is 0 Å². The molecule has 0 saturated carbocycles. The highest BCUT2D eigenvalue weighted by Crippen LogP contribution is 2.05. The highest BCUT2D eigenvalue weighted by atomic mass is 16.4. The summed E-state index contributed by atoms with van der Waals surface area (Å²) in [6.07, 6.45) is 5.13. The van der Waals surface area contributed by atoms with Crippen molar-refractivity contribution in [2.45, 2.75) is 33.6 Å². The van der Waals surface area contributed by atoms with E-state index in [0.717, 1.165) is 18.4 Å². The second-order valence-corrected chi connectivity index (χ2v) is 3.15. The number of carbonyl (C=O) groups is 1. The molecule has 12 heavy (non-hydrogen) atoms. The minimum absolute atomic E-state index is 0.831. The van der Waals surface area contributed by atoms with Gasteiger partial charge in [0.1, 0.15) is 0 Å². The van der Waals surface area contributed by atoms with Crippen LogP contribution in [-0.4, -0.2) is 11.1 Å². The van der Waals surface area contributed by atoms with E-state index >= 15 is 0 Å². The van der Waals surface area contributed by atoms with E-state index in [1.165, 1.54) is 11.6 Å². The van der Waals surface area contributed by atoms with Crippen LogP contribution >= 0.6 is 0 Å². The van der Waals surface area contributed by atoms with Gasteiger partial charge in [-0.15, -0.1) is 0 Å². The Balaban J connectivity index is 3.79. The normalized spacial score (nSPS) is 11.1. The molecule has 0 aromatic rings. The number of carboxylic acids is 1. The molecular weight excluding hydrogens is 152 g/mol. The fourth-order valence-corrected chi connectivity index (χ4v) is 0.871. The van der Waals surface area contributed by atoms with Crippen molar-refractivity contribution in [2.75, 3.05) is 0 Å². The Bertz CT molecular complexity index is 208. The van der Waals surface area contributed by atoms with Gasteiger partial charge >= 0.3 is 5.97 Å². The first-order valence-electron chi connectivity index (χ1n) is 4.06. The second kappa shape index (κ2) is 5.58. The van der Waals surface area contributed by atoms with Crippen molar-refractivity contribution in [3.63, 3.8) is 0 Å². The molecule has 0 atom stereocenters. The number of hydrogen-bond donors (Lipinski definition) is 1. The van der Waals surface area contributed by atoms with E-state index < -0.39 is 5.97 Å². The van der Waals surface area contributed by atoms with Gasteiger partial charge in [-0.1, -0.05) is 17.2 Å². The molecule has 0 amide bonds. The summed E-state index contributed by atoms with van der Waals surface area (Å²) in [4.78, 5) is 10.2. The van der Waals surface area contributed by atoms with E-state index in [1.807, 2.05) is 20.8 Å². The summed E-state index contributed by atoms with van der Waals surface area (Å²) in [5.74, 6) is -0.857. The molecule has 2 nitrogen and oxygen atoms in total. The number of aliphatic carboxylic acids is 1. The Morgan fingerprint density at radius 3 is 2.33 bits per heavy atom. The molecule has 0 fully saturated rings. The van der Waals surface area contributed by atoms with Gasteiger partial charge in [-0.05, 0) is 33.6 Å². The Morgan fingerprint density at radius 2 is 1.92 bits per heavy atom. The number of rotatable bonds is 4. The predicted octanol–water partition coefficient (Wildman–Crippen LogP) is 2.76. The van der Waals surface area contributed by atoms with E-state index in [0.29, 0.717) is 0 Å². The lowest BCUT2D eigenvalue weighted by atomic mass is 10.1. The van der Waals surface area contributed by atoms with Crippen LogP contribution < -0.4 is 0 Å². The van der Waals surface area contributed by atoms with E-state index in [-0.39, 0.29) is 0 Å². The van der Waals surface area contributed by atoms with Gasteiger partial charge in [0.05, 0.1) is 0 Å². The SMILES string of the molecule is CC(C)=CCCC(C)=CC(=O)O. The van der Waals surface area contributed by atoms with Crippen molar-refractivity contribution in [2.24, 2.45) is 0 Å². The van der Waals surface area contributed by atoms with E-state index in [9.17, 15) is 4.79 Å². The standard InChI is InChI=1S/C10H16O2/c1-8(2)5-4-6-9(3)7-10(11)12/h5,7H,4,6H2,1-3H3,(H,11,12). The molecule has 68 valence electrons. The van der Waals surface area contributed by atoms with Gasteiger partial charge in [-0.3, -0.25) is 0 Å². The summed E-state index contributed by atoms with van der Waals surface area (Å²) < 4.78 is 0. The third-order valence-corrected chi connectivity index (χ3v) is 1.46. The summed E-state index contributed by atoms with van der Waals surface area (Å²) in [7, 11) is 0. The monoisotopic (exact) mass is 168 g/mol. The molecule has 0 radical (unpaired) electrons. The smallest absolute Gasteiger partial charge is 0.328 e. The number of allylic oxidation sites excluding steroid dienone is 3. The van der Waals surface area contributed by atoms with Gasteiger partial charge in [0.25, 0.3) is 0 Å². The lowest BCUT2D eigenvalue weighted by Gasteiger charge is -1.95. The Labute approximate surface area is 73.6 Å². The van der Waals surface area contributed by atoms with Crippen molar-refractivity contribution < 1.29 is 9.90 Å². The van der Waals surface area contributed by atoms with Crippen molar-refractivity contribution >= 4 is 5.97 Å². The molecule has 0 heterocycles. The topological polar surface area (TPSA) is 37.3 Å². The molecule has 0 rings (SSSR count). The first-order chi connectivity index (χ1) is 5.52. The van der Waals surface area contributed by atoms with Crippen LogP contribution in [-0.2, 0) is 4.79 Å². The molecule has 0 spiro atoms. The minimum atomic E-state index is -0.857. The maximum atomic E-state index is 10.2. The molecule has 1 N–H and O–H groups in total. The van der Waals surface area contributed by atoms with Gasteiger partial charge in [0.2, 0.25) is 0 Å². The van der Waals surface area contributed by atoms with Crippen LogP contribution in [0.3, 0.4) is 0 Å². The largest absolute Gasteiger partial charge is 0.478 e. The average molecular weight is 168 g/mol. The maximum absolute atomic E-state index is 10.2. The highest BCUT2D eigenvalue weighted by Gasteiger charge is 1.92. The molecule has 0 aliphatic heterocycles. The van der Waals surface area contributed by atoms with Gasteiger partial charge < -0.3 is 5.11 Å². The fourth-order valence-electron chi connectivity index (χ4n) is 0.871. The molecule has 0 aromatic heterocycles. The molecule has 0 unspecified atom stereocenters. The zero-order chi connectivity index (χ0) is 9.56. The van der Waals surface area contributed by atoms with Gasteiger partial charge in [-0.25, -0.2) is 4.79 Å². The lowest BCUT2D eigenvalue weighted by Crippen LogP contribution is -1.89. The molecule has 0 aliphatic rings. The first-order valence-corrected chi connectivity index (χ1v) is 4.06. The second-order valence-electron chi connectivity index (χ2n) is 3.15. The quantitative estimate of drug-likeness (QED) is 0.517. The highest BCUT2D eigenvalue weighted by molar-refractivity contribution is 5.80. The molecular formula is C10H16O2. The van der Waals surface area contributed by atoms with Crippen LogP contribution in [0, 0.1) is 0 Å². The van der Waals surface area contributed by atoms with Crippen molar-refractivity contribution in [3.8, 4) is 0 Å². The van der Waals surface area contributed by atoms with E-state index in [4.69, 9.17) is 5.11 Å². The zero-order valence-electron chi connectivity index (χ0n) is 7.92. The van der Waals surface area contributed by atoms with Crippen LogP contribution in [0.5, 0.6) is 0 Å². The number of carboxylic acid groups (broad SMARTS) is 1. The molecule has 0 aromatic carbocycles. The summed E-state index contributed by atoms with van der Waals surface area (Å²) in [6.45, 7) is 5.92. The summed E-state index contributed by atoms with van der Waals surface area (Å²) in [5.41, 5.74) is 2.19. The van der Waals surface area contributed by atoms with E-state index in [2.05, 4.69) is 6.08 Å². The van der Waals surface area contributed by atoms with Gasteiger partial charge in [0, 0.05) is 6.08 Å². The Hall–Kier alpha value is -1.05. The Kier molecular flexibility index (Phi) is 5.09. The maximum Gasteiger partial charge on any atom is 0.328 e. The minimum Gasteiger partial charge on any atom is -0.478 e. The Morgan fingerprint density at radius 1 is 1.33 bits per heavy atom. The molecule has 0 saturated heterocycles. The first kappa shape index (κ1) is 11.0. The average Bonchev–Trinajstić information content (AvgIpc) is 1.84. The zero-order valence-corrected chi connectivity index (χ0v) is 7.92. The van der Waals surface area contributed by atoms with Crippen LogP contribution in [0.1, 0.15) is 33.6 Å². The molecule has 2 heteroatoms. The summed E-state index contributed by atoms with van der Waals surface area (Å²) in [5, 5.41) is 8.40. The van der Waals surface area contributed by atoms with Crippen molar-refractivity contribution in [3.05, 3.63) is 23.3 Å². The van der Waals surface area contributed by atoms with Gasteiger partial charge in [0.15, 0.2) is 0 Å².